The molecule has 28 heavy (non-hydrogen) atoms. The predicted octanol–water partition coefficient (Wildman–Crippen LogP) is 3.38. The predicted molar refractivity (Wildman–Crippen MR) is 104 cm³/mol. The molecule has 0 radical (unpaired) electrons. The molecular formula is C18H18Cl3NO6. The van der Waals surface area contributed by atoms with Crippen molar-refractivity contribution in [1.29, 1.82) is 0 Å². The summed E-state index contributed by atoms with van der Waals surface area (Å²) in [7, 11) is 0. The standard InChI is InChI=1S/C18H18Cl3NO6/c1-3-12(24)14-8-4-9(19)10(20)5-11(8)22(17(14)21)18-16(26)15(25)13(28-18)6-27-7(2)23/h4-5,13,15-16,18,25-26H,3,6H2,1-2H3/t13-,15-,16-,18?/m1/s1/i2D. The summed E-state index contributed by atoms with van der Waals surface area (Å²) in [4.78, 5) is 23.7. The quantitative estimate of drug-likeness (QED) is 0.534. The van der Waals surface area contributed by atoms with E-state index >= 15 is 0 Å². The van der Waals surface area contributed by atoms with Crippen LogP contribution < -0.4 is 0 Å². The van der Waals surface area contributed by atoms with Gasteiger partial charge in [0.05, 0.1) is 21.1 Å². The number of carbonyl (C=O) groups is 2. The van der Waals surface area contributed by atoms with Crippen molar-refractivity contribution in [2.45, 2.75) is 44.8 Å². The highest BCUT2D eigenvalue weighted by Gasteiger charge is 2.45. The normalized spacial score (nSPS) is 25.1. The lowest BCUT2D eigenvalue weighted by Gasteiger charge is -2.19. The van der Waals surface area contributed by atoms with Crippen LogP contribution in [0.1, 0.15) is 38.2 Å². The summed E-state index contributed by atoms with van der Waals surface area (Å²) in [6, 6.07) is 3.00. The van der Waals surface area contributed by atoms with Gasteiger partial charge in [-0.25, -0.2) is 0 Å². The Balaban J connectivity index is 2.07. The largest absolute Gasteiger partial charge is 0.463 e. The number of ketones is 1. The summed E-state index contributed by atoms with van der Waals surface area (Å²) in [5.41, 5.74) is 0.596. The minimum atomic E-state index is -1.43. The Morgan fingerprint density at radius 2 is 1.93 bits per heavy atom. The molecule has 7 nitrogen and oxygen atoms in total. The van der Waals surface area contributed by atoms with Crippen molar-refractivity contribution in [1.82, 2.24) is 4.57 Å². The molecule has 2 N–H and O–H groups in total. The fourth-order valence-corrected chi connectivity index (χ4v) is 3.94. The number of hydrogen-bond acceptors (Lipinski definition) is 6. The van der Waals surface area contributed by atoms with Gasteiger partial charge in [-0.15, -0.1) is 0 Å². The van der Waals surface area contributed by atoms with E-state index in [1.807, 2.05) is 0 Å². The molecule has 2 aromatic rings. The number of carbonyl (C=O) groups excluding carboxylic acids is 2. The van der Waals surface area contributed by atoms with Crippen LogP contribution >= 0.6 is 34.8 Å². The fourth-order valence-electron chi connectivity index (χ4n) is 3.22. The van der Waals surface area contributed by atoms with Gasteiger partial charge in [-0.05, 0) is 12.1 Å². The van der Waals surface area contributed by atoms with Crippen molar-refractivity contribution in [3.05, 3.63) is 32.9 Å². The van der Waals surface area contributed by atoms with Gasteiger partial charge in [0.1, 0.15) is 30.1 Å². The second-order valence-corrected chi connectivity index (χ2v) is 7.50. The molecule has 1 fully saturated rings. The van der Waals surface area contributed by atoms with Gasteiger partial charge >= 0.3 is 5.97 Å². The molecule has 1 unspecified atom stereocenters. The summed E-state index contributed by atoms with van der Waals surface area (Å²) in [6.45, 7) is 0.752. The number of benzene rings is 1. The van der Waals surface area contributed by atoms with Crippen LogP contribution in [0.25, 0.3) is 10.9 Å². The van der Waals surface area contributed by atoms with Crippen LogP contribution in [0.5, 0.6) is 0 Å². The Kier molecular flexibility index (Phi) is 5.83. The minimum Gasteiger partial charge on any atom is -0.463 e. The zero-order chi connectivity index (χ0) is 21.5. The molecule has 10 heteroatoms. The van der Waals surface area contributed by atoms with E-state index in [4.69, 9.17) is 45.6 Å². The number of aliphatic hydroxyl groups is 2. The van der Waals surface area contributed by atoms with Crippen LogP contribution in [0.2, 0.25) is 15.2 Å². The van der Waals surface area contributed by atoms with E-state index in [0.717, 1.165) is 0 Å². The Bertz CT molecular complexity index is 965. The van der Waals surface area contributed by atoms with Gasteiger partial charge in [0, 0.05) is 20.1 Å². The van der Waals surface area contributed by atoms with E-state index in [9.17, 15) is 19.8 Å². The molecule has 1 saturated heterocycles. The van der Waals surface area contributed by atoms with Crippen LogP contribution in [0.3, 0.4) is 0 Å². The molecule has 0 saturated carbocycles. The SMILES string of the molecule is [2H]CC(=O)OC[C@H]1OC(n2c(Cl)c(C(=O)CC)c3cc(Cl)c(Cl)cc32)[C@H](O)[C@@H]1O. The van der Waals surface area contributed by atoms with Gasteiger partial charge in [-0.1, -0.05) is 41.7 Å². The second-order valence-electron chi connectivity index (χ2n) is 6.33. The summed E-state index contributed by atoms with van der Waals surface area (Å²) >= 11 is 18.7. The first-order valence-electron chi connectivity index (χ1n) is 9.10. The number of hydrogen-bond donors (Lipinski definition) is 2. The molecule has 0 bridgehead atoms. The molecule has 0 amide bonds. The number of nitrogens with zero attached hydrogens (tertiary/aromatic N) is 1. The van der Waals surface area contributed by atoms with Gasteiger partial charge in [0.25, 0.3) is 0 Å². The third kappa shape index (κ3) is 3.63. The molecule has 0 spiro atoms. The third-order valence-corrected chi connectivity index (χ3v) is 5.68. The van der Waals surface area contributed by atoms with Crippen LogP contribution in [0.15, 0.2) is 12.1 Å². The summed E-state index contributed by atoms with van der Waals surface area (Å²) in [5, 5.41) is 21.7. The molecule has 152 valence electrons. The smallest absolute Gasteiger partial charge is 0.302 e. The molecule has 0 aliphatic carbocycles. The minimum absolute atomic E-state index is 0.00485. The lowest BCUT2D eigenvalue weighted by atomic mass is 10.1. The van der Waals surface area contributed by atoms with E-state index in [2.05, 4.69) is 0 Å². The zero-order valence-electron chi connectivity index (χ0n) is 15.7. The maximum atomic E-state index is 12.5. The summed E-state index contributed by atoms with van der Waals surface area (Å²) in [6.07, 6.45) is -4.86. The molecule has 1 aromatic heterocycles. The Morgan fingerprint density at radius 3 is 2.57 bits per heavy atom. The number of ether oxygens (including phenoxy) is 2. The zero-order valence-corrected chi connectivity index (χ0v) is 17.0. The van der Waals surface area contributed by atoms with Crippen molar-refractivity contribution >= 4 is 57.5 Å². The number of halogens is 3. The van der Waals surface area contributed by atoms with Crippen molar-refractivity contribution in [2.24, 2.45) is 0 Å². The van der Waals surface area contributed by atoms with Crippen molar-refractivity contribution in [3.8, 4) is 0 Å². The Hall–Kier alpha value is -1.35. The number of aromatic nitrogens is 1. The molecule has 4 atom stereocenters. The molecule has 2 heterocycles. The first kappa shape index (κ1) is 19.9. The van der Waals surface area contributed by atoms with Crippen LogP contribution in [0, 0.1) is 0 Å². The number of Topliss-reactive ketones (excluding diaryl/α,β-unsaturated/α-hetero) is 1. The number of rotatable bonds is 5. The van der Waals surface area contributed by atoms with Crippen LogP contribution in [-0.4, -0.2) is 51.5 Å². The van der Waals surface area contributed by atoms with Crippen molar-refractivity contribution in [2.75, 3.05) is 6.61 Å². The lowest BCUT2D eigenvalue weighted by Crippen LogP contribution is -2.34. The van der Waals surface area contributed by atoms with Crippen molar-refractivity contribution in [3.63, 3.8) is 0 Å². The highest BCUT2D eigenvalue weighted by Crippen LogP contribution is 2.41. The fraction of sp³-hybridized carbons (Fsp3) is 0.444. The summed E-state index contributed by atoms with van der Waals surface area (Å²) in [5.74, 6) is -1.04. The van der Waals surface area contributed by atoms with Crippen LogP contribution in [0.4, 0.5) is 0 Å². The number of fused-ring (bicyclic) bond motifs is 1. The highest BCUT2D eigenvalue weighted by molar-refractivity contribution is 6.43. The lowest BCUT2D eigenvalue weighted by molar-refractivity contribution is -0.147. The highest BCUT2D eigenvalue weighted by atomic mass is 35.5. The topological polar surface area (TPSA) is 98.0 Å². The first-order chi connectivity index (χ1) is 13.7. The first-order valence-corrected chi connectivity index (χ1v) is 9.52. The summed E-state index contributed by atoms with van der Waals surface area (Å²) < 4.78 is 18.9. The molecule has 1 aliphatic rings. The molecule has 3 rings (SSSR count). The van der Waals surface area contributed by atoms with Gasteiger partial charge in [-0.2, -0.15) is 0 Å². The average Bonchev–Trinajstić information content (AvgIpc) is 3.12. The van der Waals surface area contributed by atoms with E-state index in [1.165, 1.54) is 16.7 Å². The van der Waals surface area contributed by atoms with E-state index in [1.54, 1.807) is 6.92 Å². The number of esters is 1. The monoisotopic (exact) mass is 450 g/mol. The van der Waals surface area contributed by atoms with Gasteiger partial charge in [0.2, 0.25) is 0 Å². The van der Waals surface area contributed by atoms with Gasteiger partial charge in [0.15, 0.2) is 12.0 Å². The Labute approximate surface area is 177 Å². The molecule has 1 aromatic carbocycles. The van der Waals surface area contributed by atoms with E-state index < -0.39 is 37.4 Å². The molecular weight excluding hydrogens is 433 g/mol. The van der Waals surface area contributed by atoms with Gasteiger partial charge < -0.3 is 24.3 Å². The van der Waals surface area contributed by atoms with E-state index in [0.29, 0.717) is 10.9 Å². The maximum Gasteiger partial charge on any atom is 0.302 e. The van der Waals surface area contributed by atoms with Gasteiger partial charge in [-0.3, -0.25) is 9.59 Å². The third-order valence-electron chi connectivity index (χ3n) is 4.59. The average molecular weight is 452 g/mol. The molecule has 1 aliphatic heterocycles. The second kappa shape index (κ2) is 8.18. The number of aliphatic hydroxyl groups excluding tert-OH is 2. The van der Waals surface area contributed by atoms with Crippen LogP contribution in [-0.2, 0) is 14.3 Å². The van der Waals surface area contributed by atoms with E-state index in [-0.39, 0.29) is 39.6 Å². The Morgan fingerprint density at radius 1 is 1.25 bits per heavy atom. The maximum absolute atomic E-state index is 12.5. The van der Waals surface area contributed by atoms with Crippen molar-refractivity contribution < 1.29 is 30.6 Å².